The van der Waals surface area contributed by atoms with Crippen molar-refractivity contribution in [3.8, 4) is 0 Å². The highest BCUT2D eigenvalue weighted by atomic mass is 31.2. The number of benzene rings is 5. The molecule has 0 bridgehead atoms. The molecule has 1 N–H and O–H groups in total. The SMILES string of the molecule is CCCC[Si](CCCC)(CCCC)c1ccc([P+](CCc2ccccc2)(NP(c2cccc([Si](CCCC)(CCCC)CCCC)c2)c2cccc([Si](CCCC)(CCCC)CCCC)c2)c2ccc([Si](CCCC)(CCCC)CCCC)cc2)cc1. The quantitative estimate of drug-likeness (QED) is 0.0302. The zero-order valence-corrected chi connectivity index (χ0v) is 64.7. The van der Waals surface area contributed by atoms with E-state index in [1.807, 2.05) is 0 Å². The van der Waals surface area contributed by atoms with Gasteiger partial charge in [0.05, 0.1) is 46.5 Å². The van der Waals surface area contributed by atoms with Crippen LogP contribution in [-0.4, -0.2) is 38.5 Å². The predicted molar refractivity (Wildman–Crippen MR) is 414 cm³/mol. The molecule has 0 spiro atoms. The van der Waals surface area contributed by atoms with E-state index in [9.17, 15) is 0 Å². The lowest BCUT2D eigenvalue weighted by Crippen LogP contribution is -2.50. The van der Waals surface area contributed by atoms with Crippen LogP contribution < -0.4 is 46.8 Å². The molecule has 0 aliphatic carbocycles. The van der Waals surface area contributed by atoms with Crippen LogP contribution in [0.4, 0.5) is 0 Å². The van der Waals surface area contributed by atoms with Crippen molar-refractivity contribution in [2.45, 2.75) is 316 Å². The van der Waals surface area contributed by atoms with Crippen LogP contribution in [0.15, 0.2) is 127 Å². The maximum Gasteiger partial charge on any atom is 0.150 e. The summed E-state index contributed by atoms with van der Waals surface area (Å²) in [6.07, 6.45) is 34.0. The van der Waals surface area contributed by atoms with Crippen LogP contribution >= 0.6 is 15.5 Å². The van der Waals surface area contributed by atoms with Crippen molar-refractivity contribution in [1.82, 2.24) is 4.86 Å². The normalized spacial score (nSPS) is 12.7. The number of rotatable bonds is 49. The van der Waals surface area contributed by atoms with Crippen LogP contribution in [-0.2, 0) is 6.42 Å². The van der Waals surface area contributed by atoms with Gasteiger partial charge in [-0.1, -0.05) is 434 Å². The van der Waals surface area contributed by atoms with E-state index in [-0.39, 0.29) is 0 Å². The summed E-state index contributed by atoms with van der Waals surface area (Å²) in [5.74, 6) is 0. The van der Waals surface area contributed by atoms with Crippen molar-refractivity contribution >= 4 is 89.7 Å². The van der Waals surface area contributed by atoms with Crippen molar-refractivity contribution in [3.05, 3.63) is 133 Å². The molecule has 0 saturated carbocycles. The van der Waals surface area contributed by atoms with E-state index < -0.39 is 47.8 Å². The van der Waals surface area contributed by atoms with Crippen molar-refractivity contribution in [1.29, 1.82) is 0 Å². The van der Waals surface area contributed by atoms with E-state index in [0.717, 1.165) is 12.6 Å². The first-order valence-electron chi connectivity index (χ1n) is 37.4. The van der Waals surface area contributed by atoms with Gasteiger partial charge in [0.15, 0.2) is 0 Å². The summed E-state index contributed by atoms with van der Waals surface area (Å²) < 4.78 is 0. The van der Waals surface area contributed by atoms with E-state index in [1.54, 1.807) is 42.0 Å². The van der Waals surface area contributed by atoms with Crippen LogP contribution in [0, 0.1) is 0 Å². The Hall–Kier alpha value is -2.21. The second kappa shape index (κ2) is 41.4. The van der Waals surface area contributed by atoms with Gasteiger partial charge in [-0.05, 0) is 40.4 Å². The smallest absolute Gasteiger partial charge is 0.150 e. The Morgan fingerprint density at radius 3 is 0.816 bits per heavy atom. The molecule has 484 valence electrons. The number of aryl methyl sites for hydroxylation is 1. The minimum absolute atomic E-state index is 1.02. The summed E-state index contributed by atoms with van der Waals surface area (Å²) >= 11 is 0. The third kappa shape index (κ3) is 21.7. The first kappa shape index (κ1) is 75.5. The van der Waals surface area contributed by atoms with Gasteiger partial charge in [0, 0.05) is 6.42 Å². The minimum atomic E-state index is -2.41. The molecule has 5 aromatic carbocycles. The Balaban J connectivity index is 1.99. The van der Waals surface area contributed by atoms with Crippen LogP contribution in [0.3, 0.4) is 0 Å². The number of unbranched alkanes of at least 4 members (excludes halogenated alkanes) is 12. The van der Waals surface area contributed by atoms with Gasteiger partial charge in [0.2, 0.25) is 0 Å². The highest BCUT2D eigenvalue weighted by Crippen LogP contribution is 2.59. The molecule has 1 nitrogen and oxygen atoms in total. The molecule has 0 heterocycles. The topological polar surface area (TPSA) is 12.0 Å². The Morgan fingerprint density at radius 2 is 0.552 bits per heavy atom. The molecule has 0 aliphatic heterocycles. The monoisotopic (exact) mass is 1280 g/mol. The van der Waals surface area contributed by atoms with Gasteiger partial charge in [-0.15, -0.1) is 0 Å². The van der Waals surface area contributed by atoms with Crippen LogP contribution in [0.1, 0.15) is 243 Å². The van der Waals surface area contributed by atoms with Gasteiger partial charge in [0.1, 0.15) is 18.0 Å². The average Bonchev–Trinajstić information content (AvgIpc) is 1.17. The largest absolute Gasteiger partial charge is 0.154 e. The van der Waals surface area contributed by atoms with E-state index in [0.29, 0.717) is 0 Å². The van der Waals surface area contributed by atoms with Gasteiger partial charge < -0.3 is 0 Å². The molecular formula is C80H134NP2Si4+. The second-order valence-corrected chi connectivity index (χ2v) is 51.9. The Bertz CT molecular complexity index is 2330. The third-order valence-corrected chi connectivity index (χ3v) is 50.2. The second-order valence-electron chi connectivity index (χ2n) is 27.8. The first-order valence-corrected chi connectivity index (χ1v) is 51.2. The molecule has 0 unspecified atom stereocenters. The van der Waals surface area contributed by atoms with E-state index in [2.05, 4.69) is 210 Å². The maximum absolute atomic E-state index is 5.17. The first-order chi connectivity index (χ1) is 42.5. The standard InChI is InChI=1S/C80H134NP2Si4/c1-13-25-58-84(59-26-14-2,60-27-15-3)77-52-48-75(49-53-77)83(57-56-72-42-38-37-39-43-72,76-50-54-78(55-51-76)85(61-28-16-4,62-29-17-5)63-30-18-6)81-82(73-44-40-46-79(70-73)86(64-31-19-7,65-32-20-8)66-33-21-9)74-45-41-47-80(71-74)87(67-34-22-10,68-35-23-11)69-36-24-12/h37-55,70-71,81H,13-36,56-69H2,1-12H3/q+1. The Labute approximate surface area is 546 Å². The predicted octanol–water partition coefficient (Wildman–Crippen LogP) is 22.7. The molecule has 0 fully saturated rings. The van der Waals surface area contributed by atoms with Crippen molar-refractivity contribution in [2.24, 2.45) is 0 Å². The number of hydrogen-bond acceptors (Lipinski definition) is 1. The zero-order valence-electron chi connectivity index (χ0n) is 58.9. The highest BCUT2D eigenvalue weighted by Gasteiger charge is 2.48. The van der Waals surface area contributed by atoms with Gasteiger partial charge >= 0.3 is 0 Å². The van der Waals surface area contributed by atoms with Crippen molar-refractivity contribution in [2.75, 3.05) is 6.16 Å². The summed E-state index contributed by atoms with van der Waals surface area (Å²) in [6.45, 7) is 29.3. The van der Waals surface area contributed by atoms with Gasteiger partial charge in [-0.3, -0.25) is 0 Å². The fourth-order valence-corrected chi connectivity index (χ4v) is 45.7. The number of nitrogens with one attached hydrogen (secondary N) is 1. The maximum atomic E-state index is 5.17. The molecule has 0 aliphatic rings. The highest BCUT2D eigenvalue weighted by molar-refractivity contribution is 7.95. The molecule has 5 rings (SSSR count). The van der Waals surface area contributed by atoms with Gasteiger partial charge in [-0.2, -0.15) is 4.86 Å². The fourth-order valence-electron chi connectivity index (χ4n) is 15.5. The summed E-state index contributed by atoms with van der Waals surface area (Å²) in [5.41, 5.74) is 1.47. The molecule has 0 saturated heterocycles. The van der Waals surface area contributed by atoms with Crippen LogP contribution in [0.5, 0.6) is 0 Å². The molecule has 0 aromatic heterocycles. The summed E-state index contributed by atoms with van der Waals surface area (Å²) in [5, 5.41) is 13.4. The molecular weight excluding hydrogens is 1150 g/mol. The zero-order chi connectivity index (χ0) is 62.7. The van der Waals surface area contributed by atoms with E-state index in [1.165, 1.54) is 232 Å². The summed E-state index contributed by atoms with van der Waals surface area (Å²) in [4.78, 5) is 5.17. The van der Waals surface area contributed by atoms with Crippen LogP contribution in [0.25, 0.3) is 0 Å². The van der Waals surface area contributed by atoms with Crippen LogP contribution in [0.2, 0.25) is 72.5 Å². The van der Waals surface area contributed by atoms with Crippen molar-refractivity contribution < 1.29 is 0 Å². The summed E-state index contributed by atoms with van der Waals surface area (Å²) in [6, 6.07) is 72.5. The van der Waals surface area contributed by atoms with E-state index >= 15 is 0 Å². The Morgan fingerprint density at radius 1 is 0.287 bits per heavy atom. The van der Waals surface area contributed by atoms with Gasteiger partial charge in [0.25, 0.3) is 0 Å². The summed E-state index contributed by atoms with van der Waals surface area (Å²) in [7, 11) is -10.6. The molecule has 0 amide bonds. The lowest BCUT2D eigenvalue weighted by atomic mass is 10.2. The minimum Gasteiger partial charge on any atom is -0.154 e. The molecule has 0 atom stereocenters. The van der Waals surface area contributed by atoms with Gasteiger partial charge in [-0.25, -0.2) is 0 Å². The molecule has 5 aromatic rings. The van der Waals surface area contributed by atoms with Crippen molar-refractivity contribution in [3.63, 3.8) is 0 Å². The molecule has 7 heteroatoms. The molecule has 0 radical (unpaired) electrons. The number of hydrogen-bond donors (Lipinski definition) is 1. The molecule has 87 heavy (non-hydrogen) atoms. The third-order valence-electron chi connectivity index (χ3n) is 21.2. The lowest BCUT2D eigenvalue weighted by molar-refractivity contribution is 0.800. The lowest BCUT2D eigenvalue weighted by Gasteiger charge is -2.37. The Kier molecular flexibility index (Phi) is 35.9. The van der Waals surface area contributed by atoms with E-state index in [4.69, 9.17) is 4.86 Å². The average molecular weight is 1280 g/mol. The fraction of sp³-hybridized carbons (Fsp3) is 0.625.